The van der Waals surface area contributed by atoms with Gasteiger partial charge in [-0.15, -0.1) is 0 Å². The fraction of sp³-hybridized carbons (Fsp3) is 0.571. The molecule has 0 aliphatic heterocycles. The summed E-state index contributed by atoms with van der Waals surface area (Å²) in [7, 11) is 1.31. The van der Waals surface area contributed by atoms with Crippen LogP contribution in [-0.4, -0.2) is 31.4 Å². The van der Waals surface area contributed by atoms with Crippen molar-refractivity contribution in [2.24, 2.45) is 11.8 Å². The van der Waals surface area contributed by atoms with Gasteiger partial charge in [0.2, 0.25) is 11.8 Å². The first-order valence-corrected chi connectivity index (χ1v) is 9.82. The third-order valence-corrected chi connectivity index (χ3v) is 5.14. The molecule has 1 aromatic rings. The molecule has 6 nitrogen and oxygen atoms in total. The quantitative estimate of drug-likeness (QED) is 0.538. The summed E-state index contributed by atoms with van der Waals surface area (Å²) in [6.07, 6.45) is 6.07. The lowest BCUT2D eigenvalue weighted by Gasteiger charge is -2.27. The first kappa shape index (κ1) is 20.9. The zero-order valence-corrected chi connectivity index (χ0v) is 16.3. The number of hydrogen-bond acceptors (Lipinski definition) is 4. The van der Waals surface area contributed by atoms with Crippen LogP contribution in [-0.2, 0) is 14.3 Å². The van der Waals surface area contributed by atoms with Crippen molar-refractivity contribution in [3.8, 4) is 0 Å². The van der Waals surface area contributed by atoms with Crippen LogP contribution in [0.15, 0.2) is 24.3 Å². The Morgan fingerprint density at radius 3 is 2.26 bits per heavy atom. The van der Waals surface area contributed by atoms with Gasteiger partial charge in [0.15, 0.2) is 0 Å². The van der Waals surface area contributed by atoms with E-state index in [2.05, 4.69) is 17.6 Å². The number of rotatable bonds is 8. The highest BCUT2D eigenvalue weighted by Gasteiger charge is 2.30. The minimum absolute atomic E-state index is 0.00182. The van der Waals surface area contributed by atoms with Crippen LogP contribution in [0.2, 0.25) is 0 Å². The third kappa shape index (κ3) is 6.08. The summed E-state index contributed by atoms with van der Waals surface area (Å²) in [6, 6.07) is 6.81. The minimum Gasteiger partial charge on any atom is -0.465 e. The smallest absolute Gasteiger partial charge is 0.339 e. The number of para-hydroxylation sites is 1. The van der Waals surface area contributed by atoms with Crippen LogP contribution in [0.4, 0.5) is 5.69 Å². The van der Waals surface area contributed by atoms with E-state index in [-0.39, 0.29) is 23.7 Å². The third-order valence-electron chi connectivity index (χ3n) is 5.14. The largest absolute Gasteiger partial charge is 0.465 e. The number of methoxy groups -OCH3 is 1. The molecular formula is C21H30N2O4. The summed E-state index contributed by atoms with van der Waals surface area (Å²) in [4.78, 5) is 36.6. The van der Waals surface area contributed by atoms with Gasteiger partial charge in [0.1, 0.15) is 0 Å². The molecule has 1 aliphatic carbocycles. The topological polar surface area (TPSA) is 84.5 Å². The van der Waals surface area contributed by atoms with Crippen LogP contribution >= 0.6 is 0 Å². The number of esters is 1. The summed E-state index contributed by atoms with van der Waals surface area (Å²) in [6.45, 7) is 2.87. The van der Waals surface area contributed by atoms with Crippen molar-refractivity contribution in [3.05, 3.63) is 29.8 Å². The summed E-state index contributed by atoms with van der Waals surface area (Å²) >= 11 is 0. The van der Waals surface area contributed by atoms with Crippen molar-refractivity contribution in [1.82, 2.24) is 5.32 Å². The Hall–Kier alpha value is -2.37. The van der Waals surface area contributed by atoms with Crippen LogP contribution in [0.25, 0.3) is 0 Å². The lowest BCUT2D eigenvalue weighted by molar-refractivity contribution is -0.128. The van der Waals surface area contributed by atoms with Crippen LogP contribution in [0.5, 0.6) is 0 Å². The second kappa shape index (κ2) is 10.7. The van der Waals surface area contributed by atoms with Gasteiger partial charge in [0, 0.05) is 18.4 Å². The minimum atomic E-state index is -0.477. The predicted octanol–water partition coefficient (Wildman–Crippen LogP) is 3.52. The van der Waals surface area contributed by atoms with E-state index in [1.165, 1.54) is 7.11 Å². The number of anilines is 1. The molecule has 148 valence electrons. The van der Waals surface area contributed by atoms with Crippen LogP contribution in [0.1, 0.15) is 62.2 Å². The number of hydrogen-bond donors (Lipinski definition) is 2. The Bertz CT molecular complexity index is 651. The lowest BCUT2D eigenvalue weighted by atomic mass is 9.81. The van der Waals surface area contributed by atoms with Gasteiger partial charge in [-0.3, -0.25) is 9.59 Å². The molecule has 1 saturated carbocycles. The molecule has 27 heavy (non-hydrogen) atoms. The number of nitrogens with one attached hydrogen (secondary N) is 2. The van der Waals surface area contributed by atoms with Crippen molar-refractivity contribution in [3.63, 3.8) is 0 Å². The first-order chi connectivity index (χ1) is 13.1. The Kier molecular flexibility index (Phi) is 8.30. The number of ether oxygens (including phenoxy) is 1. The molecule has 0 spiro atoms. The Morgan fingerprint density at radius 1 is 1.00 bits per heavy atom. The molecule has 6 heteroatoms. The van der Waals surface area contributed by atoms with Crippen molar-refractivity contribution >= 4 is 23.5 Å². The van der Waals surface area contributed by atoms with Gasteiger partial charge in [0.25, 0.3) is 0 Å². The fourth-order valence-corrected chi connectivity index (χ4v) is 3.46. The maximum absolute atomic E-state index is 12.6. The molecule has 1 aliphatic rings. The monoisotopic (exact) mass is 374 g/mol. The molecule has 2 N–H and O–H groups in total. The number of carbonyl (C=O) groups excluding carboxylic acids is 3. The van der Waals surface area contributed by atoms with E-state index in [1.807, 2.05) is 0 Å². The number of unbranched alkanes of at least 4 members (excludes halogenated alkanes) is 2. The van der Waals surface area contributed by atoms with E-state index < -0.39 is 5.97 Å². The SMILES string of the molecule is CCCCCNC(=O)C1CCC(C(=O)Nc2ccccc2C(=O)OC)CC1. The van der Waals surface area contributed by atoms with Gasteiger partial charge in [-0.1, -0.05) is 31.9 Å². The molecule has 0 unspecified atom stereocenters. The highest BCUT2D eigenvalue weighted by Crippen LogP contribution is 2.30. The van der Waals surface area contributed by atoms with E-state index >= 15 is 0 Å². The van der Waals surface area contributed by atoms with Crippen LogP contribution in [0.3, 0.4) is 0 Å². The average Bonchev–Trinajstić information content (AvgIpc) is 2.71. The highest BCUT2D eigenvalue weighted by atomic mass is 16.5. The Labute approximate surface area is 161 Å². The maximum atomic E-state index is 12.6. The molecule has 0 aromatic heterocycles. The normalized spacial score (nSPS) is 19.2. The molecule has 2 rings (SSSR count). The maximum Gasteiger partial charge on any atom is 0.339 e. The first-order valence-electron chi connectivity index (χ1n) is 9.82. The van der Waals surface area contributed by atoms with Gasteiger partial charge in [-0.25, -0.2) is 4.79 Å². The highest BCUT2D eigenvalue weighted by molar-refractivity contribution is 6.01. The molecule has 0 saturated heterocycles. The fourth-order valence-electron chi connectivity index (χ4n) is 3.46. The standard InChI is InChI=1S/C21H30N2O4/c1-3-4-7-14-22-19(24)15-10-12-16(13-11-15)20(25)23-18-9-6-5-8-17(18)21(26)27-2/h5-6,8-9,15-16H,3-4,7,10-14H2,1-2H3,(H,22,24)(H,23,25). The second-order valence-electron chi connectivity index (χ2n) is 7.07. The van der Waals surface area contributed by atoms with Gasteiger partial charge in [-0.05, 0) is 44.2 Å². The Balaban J connectivity index is 1.83. The summed E-state index contributed by atoms with van der Waals surface area (Å²) in [5, 5.41) is 5.85. The predicted molar refractivity (Wildman–Crippen MR) is 104 cm³/mol. The van der Waals surface area contributed by atoms with E-state index in [0.717, 1.165) is 38.6 Å². The zero-order valence-electron chi connectivity index (χ0n) is 16.3. The van der Waals surface area contributed by atoms with Gasteiger partial charge in [0.05, 0.1) is 18.4 Å². The zero-order chi connectivity index (χ0) is 19.6. The van der Waals surface area contributed by atoms with E-state index in [9.17, 15) is 14.4 Å². The molecule has 2 amide bonds. The van der Waals surface area contributed by atoms with Gasteiger partial charge < -0.3 is 15.4 Å². The molecule has 1 aromatic carbocycles. The van der Waals surface area contributed by atoms with Crippen molar-refractivity contribution in [1.29, 1.82) is 0 Å². The van der Waals surface area contributed by atoms with Crippen molar-refractivity contribution in [2.45, 2.75) is 51.9 Å². The summed E-state index contributed by atoms with van der Waals surface area (Å²) in [5.41, 5.74) is 0.804. The molecular weight excluding hydrogens is 344 g/mol. The lowest BCUT2D eigenvalue weighted by Crippen LogP contribution is -2.36. The Morgan fingerprint density at radius 2 is 1.63 bits per heavy atom. The van der Waals surface area contributed by atoms with Gasteiger partial charge in [-0.2, -0.15) is 0 Å². The van der Waals surface area contributed by atoms with Crippen LogP contribution in [0, 0.1) is 11.8 Å². The number of carbonyl (C=O) groups is 3. The number of amides is 2. The summed E-state index contributed by atoms with van der Waals surface area (Å²) in [5.74, 6) is -0.610. The van der Waals surface area contributed by atoms with Crippen molar-refractivity contribution < 1.29 is 19.1 Å². The molecule has 0 heterocycles. The molecule has 0 bridgehead atoms. The molecule has 0 radical (unpaired) electrons. The van der Waals surface area contributed by atoms with E-state index in [0.29, 0.717) is 24.1 Å². The summed E-state index contributed by atoms with van der Waals surface area (Å²) < 4.78 is 4.76. The molecule has 0 atom stereocenters. The van der Waals surface area contributed by atoms with E-state index in [1.54, 1.807) is 24.3 Å². The van der Waals surface area contributed by atoms with Gasteiger partial charge >= 0.3 is 5.97 Å². The molecule has 1 fully saturated rings. The van der Waals surface area contributed by atoms with Crippen molar-refractivity contribution in [2.75, 3.05) is 19.0 Å². The average molecular weight is 374 g/mol. The number of benzene rings is 1. The van der Waals surface area contributed by atoms with E-state index in [4.69, 9.17) is 4.74 Å². The second-order valence-corrected chi connectivity index (χ2v) is 7.07. The van der Waals surface area contributed by atoms with Crippen LogP contribution < -0.4 is 10.6 Å².